The first-order valence-corrected chi connectivity index (χ1v) is 9.30. The van der Waals surface area contributed by atoms with Crippen molar-refractivity contribution in [2.45, 2.75) is 38.3 Å². The number of carbonyl (C=O) groups excluding carboxylic acids is 2. The molecular formula is C22H25N3O3. The smallest absolute Gasteiger partial charge is 0.408 e. The summed E-state index contributed by atoms with van der Waals surface area (Å²) in [6.45, 7) is 2.04. The maximum Gasteiger partial charge on any atom is 0.408 e. The molecule has 0 aromatic heterocycles. The van der Waals surface area contributed by atoms with E-state index < -0.39 is 18.0 Å². The highest BCUT2D eigenvalue weighted by Gasteiger charge is 2.25. The van der Waals surface area contributed by atoms with Crippen LogP contribution in [0.1, 0.15) is 36.8 Å². The minimum Gasteiger partial charge on any atom is -0.445 e. The molecule has 0 aliphatic heterocycles. The van der Waals surface area contributed by atoms with E-state index in [9.17, 15) is 9.59 Å². The molecule has 2 aromatic rings. The van der Waals surface area contributed by atoms with Crippen LogP contribution in [-0.4, -0.2) is 24.6 Å². The summed E-state index contributed by atoms with van der Waals surface area (Å²) in [5.74, 6) is -0.305. The monoisotopic (exact) mass is 379 g/mol. The number of hydrogen-bond donors (Lipinski definition) is 2. The van der Waals surface area contributed by atoms with Crippen LogP contribution in [0.15, 0.2) is 60.7 Å². The Kier molecular flexibility index (Phi) is 8.54. The first-order valence-electron chi connectivity index (χ1n) is 9.30. The van der Waals surface area contributed by atoms with Gasteiger partial charge >= 0.3 is 6.09 Å². The van der Waals surface area contributed by atoms with E-state index in [0.717, 1.165) is 17.5 Å². The first-order chi connectivity index (χ1) is 13.6. The van der Waals surface area contributed by atoms with Crippen molar-refractivity contribution in [3.63, 3.8) is 0 Å². The molecule has 2 rings (SSSR count). The van der Waals surface area contributed by atoms with Crippen molar-refractivity contribution in [1.29, 1.82) is 5.26 Å². The van der Waals surface area contributed by atoms with Crippen molar-refractivity contribution >= 4 is 12.0 Å². The van der Waals surface area contributed by atoms with Gasteiger partial charge in [-0.3, -0.25) is 4.79 Å². The predicted molar refractivity (Wildman–Crippen MR) is 106 cm³/mol. The Hall–Kier alpha value is -3.33. The SMILES string of the molecule is CCC(CC(NC(=O)OCc1ccccc1)C(=O)NCC#N)c1ccccc1. The molecule has 2 aromatic carbocycles. The maximum atomic E-state index is 12.5. The molecule has 0 bridgehead atoms. The van der Waals surface area contributed by atoms with E-state index in [1.807, 2.05) is 73.7 Å². The van der Waals surface area contributed by atoms with Crippen LogP contribution in [0, 0.1) is 11.3 Å². The van der Waals surface area contributed by atoms with Crippen molar-refractivity contribution in [3.05, 3.63) is 71.8 Å². The third kappa shape index (κ3) is 6.76. The number of ether oxygens (including phenoxy) is 1. The van der Waals surface area contributed by atoms with E-state index in [-0.39, 0.29) is 19.1 Å². The molecule has 0 aliphatic carbocycles. The predicted octanol–water partition coefficient (Wildman–Crippen LogP) is 3.51. The summed E-state index contributed by atoms with van der Waals surface area (Å²) in [5.41, 5.74) is 1.96. The molecule has 0 radical (unpaired) electrons. The third-order valence-corrected chi connectivity index (χ3v) is 4.45. The van der Waals surface area contributed by atoms with E-state index >= 15 is 0 Å². The normalized spacial score (nSPS) is 12.3. The number of hydrogen-bond acceptors (Lipinski definition) is 4. The van der Waals surface area contributed by atoms with Crippen molar-refractivity contribution in [3.8, 4) is 6.07 Å². The minimum absolute atomic E-state index is 0.0912. The van der Waals surface area contributed by atoms with Crippen LogP contribution in [-0.2, 0) is 16.1 Å². The average molecular weight is 379 g/mol. The highest BCUT2D eigenvalue weighted by molar-refractivity contribution is 5.85. The van der Waals surface area contributed by atoms with E-state index in [2.05, 4.69) is 10.6 Å². The minimum atomic E-state index is -0.790. The van der Waals surface area contributed by atoms with E-state index in [1.165, 1.54) is 0 Å². The van der Waals surface area contributed by atoms with Crippen molar-refractivity contribution < 1.29 is 14.3 Å². The van der Waals surface area contributed by atoms with Gasteiger partial charge in [0.05, 0.1) is 6.07 Å². The van der Waals surface area contributed by atoms with Crippen molar-refractivity contribution in [2.75, 3.05) is 6.54 Å². The summed E-state index contributed by atoms with van der Waals surface area (Å²) in [6.07, 6.45) is 0.564. The highest BCUT2D eigenvalue weighted by atomic mass is 16.5. The van der Waals surface area contributed by atoms with Gasteiger partial charge in [-0.25, -0.2) is 4.79 Å². The van der Waals surface area contributed by atoms with Gasteiger partial charge in [0.25, 0.3) is 0 Å². The van der Waals surface area contributed by atoms with Crippen LogP contribution in [0.25, 0.3) is 0 Å². The molecule has 0 saturated carbocycles. The molecule has 0 fully saturated rings. The molecule has 2 amide bonds. The second-order valence-electron chi connectivity index (χ2n) is 6.39. The number of nitriles is 1. The van der Waals surface area contributed by atoms with Gasteiger partial charge in [-0.05, 0) is 29.9 Å². The molecule has 146 valence electrons. The lowest BCUT2D eigenvalue weighted by atomic mass is 9.89. The lowest BCUT2D eigenvalue weighted by molar-refractivity contribution is -0.123. The summed E-state index contributed by atoms with van der Waals surface area (Å²) in [5, 5.41) is 13.9. The van der Waals surface area contributed by atoms with Crippen molar-refractivity contribution in [1.82, 2.24) is 10.6 Å². The van der Waals surface area contributed by atoms with Crippen LogP contribution in [0.2, 0.25) is 0 Å². The van der Waals surface area contributed by atoms with Crippen LogP contribution in [0.4, 0.5) is 4.79 Å². The number of rotatable bonds is 9. The Morgan fingerprint density at radius 2 is 1.71 bits per heavy atom. The third-order valence-electron chi connectivity index (χ3n) is 4.45. The van der Waals surface area contributed by atoms with Gasteiger partial charge in [0.15, 0.2) is 0 Å². The Balaban J connectivity index is 2.02. The molecule has 2 N–H and O–H groups in total. The molecule has 2 atom stereocenters. The molecule has 0 aliphatic rings. The number of amides is 2. The van der Waals surface area contributed by atoms with Gasteiger partial charge in [0, 0.05) is 0 Å². The number of nitrogens with one attached hydrogen (secondary N) is 2. The maximum absolute atomic E-state index is 12.5. The Bertz CT molecular complexity index is 788. The second-order valence-corrected chi connectivity index (χ2v) is 6.39. The average Bonchev–Trinajstić information content (AvgIpc) is 2.74. The van der Waals surface area contributed by atoms with Crippen LogP contribution in [0.5, 0.6) is 0 Å². The van der Waals surface area contributed by atoms with E-state index in [1.54, 1.807) is 0 Å². The van der Waals surface area contributed by atoms with E-state index in [0.29, 0.717) is 6.42 Å². The lowest BCUT2D eigenvalue weighted by Gasteiger charge is -2.23. The van der Waals surface area contributed by atoms with Crippen LogP contribution >= 0.6 is 0 Å². The summed E-state index contributed by atoms with van der Waals surface area (Å²) < 4.78 is 5.24. The summed E-state index contributed by atoms with van der Waals surface area (Å²) in [6, 6.07) is 20.2. The van der Waals surface area contributed by atoms with Gasteiger partial charge in [-0.2, -0.15) is 5.26 Å². The van der Waals surface area contributed by atoms with Crippen molar-refractivity contribution in [2.24, 2.45) is 0 Å². The zero-order valence-corrected chi connectivity index (χ0v) is 15.9. The fourth-order valence-electron chi connectivity index (χ4n) is 2.94. The first kappa shape index (κ1) is 21.0. The summed E-state index contributed by atoms with van der Waals surface area (Å²) in [4.78, 5) is 24.7. The quantitative estimate of drug-likeness (QED) is 0.652. The number of carbonyl (C=O) groups is 2. The van der Waals surface area contributed by atoms with Gasteiger partial charge in [0.1, 0.15) is 19.2 Å². The Morgan fingerprint density at radius 3 is 2.32 bits per heavy atom. The molecule has 6 nitrogen and oxygen atoms in total. The molecule has 28 heavy (non-hydrogen) atoms. The molecule has 6 heteroatoms. The standard InChI is InChI=1S/C22H25N3O3/c1-2-18(19-11-7-4-8-12-19)15-20(21(26)24-14-13-23)25-22(27)28-16-17-9-5-3-6-10-17/h3-12,18,20H,2,14-16H2,1H3,(H,24,26)(H,25,27). The zero-order chi connectivity index (χ0) is 20.2. The molecule has 0 spiro atoms. The lowest BCUT2D eigenvalue weighted by Crippen LogP contribution is -2.47. The van der Waals surface area contributed by atoms with E-state index in [4.69, 9.17) is 10.00 Å². The Morgan fingerprint density at radius 1 is 1.07 bits per heavy atom. The number of nitrogens with zero attached hydrogens (tertiary/aromatic N) is 1. The molecular weight excluding hydrogens is 354 g/mol. The van der Waals surface area contributed by atoms with Gasteiger partial charge in [-0.1, -0.05) is 67.6 Å². The largest absolute Gasteiger partial charge is 0.445 e. The molecule has 0 heterocycles. The summed E-state index contributed by atoms with van der Waals surface area (Å²) in [7, 11) is 0. The fraction of sp³-hybridized carbons (Fsp3) is 0.318. The zero-order valence-electron chi connectivity index (χ0n) is 15.9. The van der Waals surface area contributed by atoms with Crippen LogP contribution in [0.3, 0.4) is 0 Å². The highest BCUT2D eigenvalue weighted by Crippen LogP contribution is 2.24. The fourth-order valence-corrected chi connectivity index (χ4v) is 2.94. The second kappa shape index (κ2) is 11.4. The van der Waals surface area contributed by atoms with Gasteiger partial charge in [0.2, 0.25) is 5.91 Å². The van der Waals surface area contributed by atoms with Gasteiger partial charge in [-0.15, -0.1) is 0 Å². The molecule has 0 saturated heterocycles. The topological polar surface area (TPSA) is 91.2 Å². The van der Waals surface area contributed by atoms with Crippen LogP contribution < -0.4 is 10.6 Å². The summed E-state index contributed by atoms with van der Waals surface area (Å²) >= 11 is 0. The molecule has 2 unspecified atom stereocenters. The Labute approximate surface area is 165 Å². The number of benzene rings is 2. The number of alkyl carbamates (subject to hydrolysis) is 1. The van der Waals surface area contributed by atoms with Gasteiger partial charge < -0.3 is 15.4 Å².